The smallest absolute Gasteiger partial charge is 0.282 e. The fourth-order valence-corrected chi connectivity index (χ4v) is 5.22. The predicted octanol–water partition coefficient (Wildman–Crippen LogP) is 6.31. The number of amides is 1. The van der Waals surface area contributed by atoms with Crippen LogP contribution in [0.2, 0.25) is 5.02 Å². The van der Waals surface area contributed by atoms with Gasteiger partial charge in [0.25, 0.3) is 11.6 Å². The van der Waals surface area contributed by atoms with Gasteiger partial charge in [0, 0.05) is 16.2 Å². The molecular formula is C25H16ClN3O4S. The molecule has 0 aliphatic carbocycles. The number of nitro benzene ring substituents is 1. The van der Waals surface area contributed by atoms with Crippen LogP contribution in [0.25, 0.3) is 16.2 Å². The third-order valence-electron chi connectivity index (χ3n) is 5.35. The molecule has 1 aliphatic heterocycles. The van der Waals surface area contributed by atoms with Crippen LogP contribution in [0.5, 0.6) is 5.75 Å². The lowest BCUT2D eigenvalue weighted by Crippen LogP contribution is -2.32. The van der Waals surface area contributed by atoms with Crippen LogP contribution in [0.3, 0.4) is 0 Å². The van der Waals surface area contributed by atoms with Crippen LogP contribution in [-0.2, 0) is 4.79 Å². The van der Waals surface area contributed by atoms with E-state index in [9.17, 15) is 14.9 Å². The number of nitrogens with zero attached hydrogens (tertiary/aromatic N) is 3. The zero-order valence-electron chi connectivity index (χ0n) is 17.8. The largest absolute Gasteiger partial charge is 0.497 e. The second-order valence-electron chi connectivity index (χ2n) is 7.36. The third kappa shape index (κ3) is 3.72. The number of ether oxygens (including phenoxy) is 1. The molecule has 7 nitrogen and oxygen atoms in total. The highest BCUT2D eigenvalue weighted by Crippen LogP contribution is 2.39. The summed E-state index contributed by atoms with van der Waals surface area (Å²) in [4.78, 5) is 31.3. The summed E-state index contributed by atoms with van der Waals surface area (Å²) in [5.41, 5.74) is 0.831. The molecule has 0 saturated carbocycles. The van der Waals surface area contributed by atoms with Crippen molar-refractivity contribution in [1.29, 1.82) is 0 Å². The highest BCUT2D eigenvalue weighted by Gasteiger charge is 2.35. The number of benzene rings is 3. The van der Waals surface area contributed by atoms with Gasteiger partial charge in [-0.15, -0.1) is 11.3 Å². The van der Waals surface area contributed by atoms with Gasteiger partial charge in [-0.05, 0) is 42.5 Å². The quantitative estimate of drug-likeness (QED) is 0.187. The number of amidine groups is 1. The number of para-hydroxylation sites is 1. The number of carbonyl (C=O) groups excluding carboxylic acids is 1. The number of carbonyl (C=O) groups is 1. The van der Waals surface area contributed by atoms with Crippen molar-refractivity contribution in [1.82, 2.24) is 0 Å². The Morgan fingerprint density at radius 1 is 1.06 bits per heavy atom. The first-order valence-corrected chi connectivity index (χ1v) is 11.4. The molecule has 0 saturated heterocycles. The van der Waals surface area contributed by atoms with Crippen molar-refractivity contribution in [2.24, 2.45) is 4.99 Å². The molecule has 1 amide bonds. The van der Waals surface area contributed by atoms with Crippen LogP contribution in [0, 0.1) is 10.1 Å². The van der Waals surface area contributed by atoms with Crippen LogP contribution in [0.4, 0.5) is 11.4 Å². The summed E-state index contributed by atoms with van der Waals surface area (Å²) in [5.74, 6) is 0.600. The molecule has 2 heterocycles. The lowest BCUT2D eigenvalue weighted by Gasteiger charge is -2.18. The van der Waals surface area contributed by atoms with Gasteiger partial charge in [-0.3, -0.25) is 19.8 Å². The van der Waals surface area contributed by atoms with E-state index >= 15 is 0 Å². The summed E-state index contributed by atoms with van der Waals surface area (Å²) in [6, 6.07) is 20.9. The first-order valence-electron chi connectivity index (χ1n) is 10.2. The second kappa shape index (κ2) is 8.74. The molecule has 0 spiro atoms. The summed E-state index contributed by atoms with van der Waals surface area (Å²) in [5, 5.41) is 12.8. The minimum atomic E-state index is -0.486. The maximum absolute atomic E-state index is 13.6. The third-order valence-corrected chi connectivity index (χ3v) is 7.03. The van der Waals surface area contributed by atoms with Crippen molar-refractivity contribution < 1.29 is 14.5 Å². The van der Waals surface area contributed by atoms with Crippen LogP contribution in [0.15, 0.2) is 83.5 Å². The van der Waals surface area contributed by atoms with E-state index in [1.165, 1.54) is 28.4 Å². The Balaban J connectivity index is 1.69. The molecule has 9 heteroatoms. The molecule has 0 bridgehead atoms. The van der Waals surface area contributed by atoms with Gasteiger partial charge in [0.2, 0.25) is 0 Å². The van der Waals surface area contributed by atoms with Crippen molar-refractivity contribution in [3.63, 3.8) is 0 Å². The Labute approximate surface area is 203 Å². The summed E-state index contributed by atoms with van der Waals surface area (Å²) < 4.78 is 6.20. The number of methoxy groups -OCH3 is 1. The van der Waals surface area contributed by atoms with Gasteiger partial charge in [0.05, 0.1) is 33.2 Å². The first-order chi connectivity index (χ1) is 16.5. The number of fused-ring (bicyclic) bond motifs is 1. The standard InChI is InChI=1S/C25H16ClN3O4S/c1-33-17-12-10-16(11-13-17)28-24(23-22(26)18-7-3-5-9-21(18)34-23)27-19(25(28)30)14-15-6-2-4-8-20(15)29(31)32/h2-14H,1H3/b19-14+. The lowest BCUT2D eigenvalue weighted by molar-refractivity contribution is -0.385. The van der Waals surface area contributed by atoms with Crippen molar-refractivity contribution in [3.8, 4) is 5.75 Å². The number of aliphatic imine (C=N–C) groups is 1. The highest BCUT2D eigenvalue weighted by atomic mass is 35.5. The number of halogens is 1. The fourth-order valence-electron chi connectivity index (χ4n) is 3.72. The van der Waals surface area contributed by atoms with E-state index in [0.717, 1.165) is 10.1 Å². The zero-order chi connectivity index (χ0) is 23.8. The molecule has 1 aromatic heterocycles. The van der Waals surface area contributed by atoms with Gasteiger partial charge >= 0.3 is 0 Å². The second-order valence-corrected chi connectivity index (χ2v) is 8.79. The fraction of sp³-hybridized carbons (Fsp3) is 0.0400. The van der Waals surface area contributed by atoms with Crippen LogP contribution in [-0.4, -0.2) is 23.8 Å². The zero-order valence-corrected chi connectivity index (χ0v) is 19.3. The molecule has 0 unspecified atom stereocenters. The maximum atomic E-state index is 13.6. The molecule has 0 N–H and O–H groups in total. The van der Waals surface area contributed by atoms with Crippen molar-refractivity contribution in [3.05, 3.63) is 104 Å². The Hall–Kier alpha value is -4.01. The van der Waals surface area contributed by atoms with Gasteiger partial charge in [-0.1, -0.05) is 41.9 Å². The highest BCUT2D eigenvalue weighted by molar-refractivity contribution is 7.21. The lowest BCUT2D eigenvalue weighted by atomic mass is 10.1. The average molecular weight is 490 g/mol. The van der Waals surface area contributed by atoms with E-state index in [-0.39, 0.29) is 16.9 Å². The minimum absolute atomic E-state index is 0.0774. The Morgan fingerprint density at radius 2 is 1.76 bits per heavy atom. The van der Waals surface area contributed by atoms with E-state index < -0.39 is 10.8 Å². The van der Waals surface area contributed by atoms with Crippen molar-refractivity contribution in [2.75, 3.05) is 12.0 Å². The van der Waals surface area contributed by atoms with Gasteiger partial charge in [0.15, 0.2) is 5.84 Å². The summed E-state index contributed by atoms with van der Waals surface area (Å²) in [7, 11) is 1.56. The van der Waals surface area contributed by atoms with Crippen molar-refractivity contribution >= 4 is 62.2 Å². The van der Waals surface area contributed by atoms with E-state index in [4.69, 9.17) is 16.3 Å². The number of nitro groups is 1. The molecule has 4 aromatic rings. The summed E-state index contributed by atoms with van der Waals surface area (Å²) in [6.07, 6.45) is 1.44. The topological polar surface area (TPSA) is 85.0 Å². The summed E-state index contributed by atoms with van der Waals surface area (Å²) in [6.45, 7) is 0. The van der Waals surface area contributed by atoms with Gasteiger partial charge in [0.1, 0.15) is 11.4 Å². The Morgan fingerprint density at radius 3 is 2.47 bits per heavy atom. The molecule has 168 valence electrons. The predicted molar refractivity (Wildman–Crippen MR) is 135 cm³/mol. The van der Waals surface area contributed by atoms with Gasteiger partial charge in [-0.2, -0.15) is 0 Å². The molecule has 34 heavy (non-hydrogen) atoms. The van der Waals surface area contributed by atoms with Crippen molar-refractivity contribution in [2.45, 2.75) is 0 Å². The van der Waals surface area contributed by atoms with E-state index in [1.807, 2.05) is 24.3 Å². The SMILES string of the molecule is COc1ccc(N2C(=O)/C(=C\c3ccccc3[N+](=O)[O-])N=C2c2sc3ccccc3c2Cl)cc1. The van der Waals surface area contributed by atoms with E-state index in [1.54, 1.807) is 49.6 Å². The minimum Gasteiger partial charge on any atom is -0.497 e. The molecule has 0 radical (unpaired) electrons. The first kappa shape index (κ1) is 21.8. The van der Waals surface area contributed by atoms with Crippen LogP contribution < -0.4 is 9.64 Å². The Kier molecular flexibility index (Phi) is 5.61. The number of anilines is 1. The monoisotopic (exact) mass is 489 g/mol. The number of rotatable bonds is 5. The maximum Gasteiger partial charge on any atom is 0.282 e. The molecule has 0 fully saturated rings. The average Bonchev–Trinajstić information content (AvgIpc) is 3.36. The normalized spacial score (nSPS) is 14.6. The molecule has 5 rings (SSSR count). The number of hydrogen-bond acceptors (Lipinski definition) is 6. The number of thiophene rings is 1. The van der Waals surface area contributed by atoms with E-state index in [0.29, 0.717) is 27.2 Å². The molecule has 1 aliphatic rings. The van der Waals surface area contributed by atoms with Gasteiger partial charge < -0.3 is 4.74 Å². The molecule has 0 atom stereocenters. The van der Waals surface area contributed by atoms with Gasteiger partial charge in [-0.25, -0.2) is 4.99 Å². The van der Waals surface area contributed by atoms with Crippen LogP contribution >= 0.6 is 22.9 Å². The molecular weight excluding hydrogens is 474 g/mol. The number of hydrogen-bond donors (Lipinski definition) is 0. The summed E-state index contributed by atoms with van der Waals surface area (Å²) >= 11 is 8.15. The van der Waals surface area contributed by atoms with Crippen LogP contribution in [0.1, 0.15) is 10.4 Å². The van der Waals surface area contributed by atoms with E-state index in [2.05, 4.69) is 4.99 Å². The Bertz CT molecular complexity index is 1510. The molecule has 3 aromatic carbocycles.